The van der Waals surface area contributed by atoms with Crippen molar-refractivity contribution in [3.63, 3.8) is 0 Å². The Kier molecular flexibility index (Phi) is 6.77. The molecule has 5 atom stereocenters. The van der Waals surface area contributed by atoms with Gasteiger partial charge in [-0.25, -0.2) is 0 Å². The van der Waals surface area contributed by atoms with Crippen molar-refractivity contribution in [2.45, 2.75) is 50.7 Å². The summed E-state index contributed by atoms with van der Waals surface area (Å²) >= 11 is 0. The van der Waals surface area contributed by atoms with E-state index >= 15 is 0 Å². The molecule has 0 bridgehead atoms. The minimum atomic E-state index is -1.05. The highest BCUT2D eigenvalue weighted by molar-refractivity contribution is 5.14. The molecule has 0 aromatic heterocycles. The normalized spacial score (nSPS) is 28.8. The van der Waals surface area contributed by atoms with Crippen LogP contribution in [0.5, 0.6) is 0 Å². The molecule has 140 valence electrons. The van der Waals surface area contributed by atoms with Crippen molar-refractivity contribution < 1.29 is 24.4 Å². The van der Waals surface area contributed by atoms with E-state index in [9.17, 15) is 10.2 Å². The Morgan fingerprint density at radius 1 is 0.846 bits per heavy atom. The maximum atomic E-state index is 10.5. The third kappa shape index (κ3) is 4.90. The lowest BCUT2D eigenvalue weighted by atomic mass is 9.95. The molecule has 0 spiro atoms. The predicted molar refractivity (Wildman–Crippen MR) is 97.5 cm³/mol. The molecule has 26 heavy (non-hydrogen) atoms. The summed E-state index contributed by atoms with van der Waals surface area (Å²) in [5.41, 5.74) is 2.06. The Hall–Kier alpha value is -1.76. The molecule has 0 amide bonds. The number of benzene rings is 2. The molecule has 2 aromatic carbocycles. The zero-order valence-corrected chi connectivity index (χ0v) is 14.9. The molecule has 3 rings (SSSR count). The van der Waals surface area contributed by atoms with Gasteiger partial charge in [-0.1, -0.05) is 60.7 Å². The van der Waals surface area contributed by atoms with Crippen LogP contribution in [0, 0.1) is 0 Å². The highest BCUT2D eigenvalue weighted by atomic mass is 16.6. The Balaban J connectivity index is 1.49. The zero-order valence-electron chi connectivity index (χ0n) is 14.9. The van der Waals surface area contributed by atoms with Crippen molar-refractivity contribution in [1.29, 1.82) is 0 Å². The monoisotopic (exact) mass is 358 g/mol. The van der Waals surface area contributed by atoms with Gasteiger partial charge in [0.15, 0.2) is 0 Å². The van der Waals surface area contributed by atoms with E-state index in [4.69, 9.17) is 14.2 Å². The maximum Gasteiger partial charge on any atom is 0.112 e. The first-order valence-electron chi connectivity index (χ1n) is 8.94. The molecule has 1 fully saturated rings. The lowest BCUT2D eigenvalue weighted by Gasteiger charge is -2.41. The van der Waals surface area contributed by atoms with Crippen molar-refractivity contribution in [1.82, 2.24) is 0 Å². The largest absolute Gasteiger partial charge is 0.388 e. The molecule has 2 unspecified atom stereocenters. The van der Waals surface area contributed by atoms with Gasteiger partial charge in [-0.2, -0.15) is 0 Å². The van der Waals surface area contributed by atoms with Crippen LogP contribution in [-0.2, 0) is 27.4 Å². The number of ether oxygens (including phenoxy) is 3. The maximum absolute atomic E-state index is 10.5. The molecule has 0 aliphatic carbocycles. The topological polar surface area (TPSA) is 68.2 Å². The van der Waals surface area contributed by atoms with E-state index in [0.29, 0.717) is 13.2 Å². The predicted octanol–water partition coefficient (Wildman–Crippen LogP) is 2.30. The molecule has 2 N–H and O–H groups in total. The minimum absolute atomic E-state index is 0.211. The fraction of sp³-hybridized carbons (Fsp3) is 0.429. The molecule has 5 nitrogen and oxygen atoms in total. The van der Waals surface area contributed by atoms with Crippen LogP contribution in [0.2, 0.25) is 0 Å². The SMILES string of the molecule is C[C@@H]1OC(COCc2ccccc2)[C@H](O)[C@H](O)C1OCc1ccccc1. The lowest BCUT2D eigenvalue weighted by molar-refractivity contribution is -0.242. The highest BCUT2D eigenvalue weighted by Gasteiger charge is 2.43. The summed E-state index contributed by atoms with van der Waals surface area (Å²) in [6, 6.07) is 19.5. The van der Waals surface area contributed by atoms with Crippen LogP contribution in [0.4, 0.5) is 0 Å². The van der Waals surface area contributed by atoms with Crippen LogP contribution in [0.3, 0.4) is 0 Å². The van der Waals surface area contributed by atoms with Crippen molar-refractivity contribution in [2.75, 3.05) is 6.61 Å². The van der Waals surface area contributed by atoms with E-state index < -0.39 is 24.4 Å². The molecule has 5 heteroatoms. The van der Waals surface area contributed by atoms with Gasteiger partial charge in [0.25, 0.3) is 0 Å². The highest BCUT2D eigenvalue weighted by Crippen LogP contribution is 2.25. The van der Waals surface area contributed by atoms with Crippen LogP contribution in [0.25, 0.3) is 0 Å². The first-order chi connectivity index (χ1) is 12.6. The van der Waals surface area contributed by atoms with Crippen molar-refractivity contribution in [2.24, 2.45) is 0 Å². The molecule has 0 radical (unpaired) electrons. The summed E-state index contributed by atoms with van der Waals surface area (Å²) in [5.74, 6) is 0. The summed E-state index contributed by atoms with van der Waals surface area (Å²) in [6.45, 7) is 2.85. The van der Waals surface area contributed by atoms with E-state index in [1.54, 1.807) is 0 Å². The second-order valence-electron chi connectivity index (χ2n) is 6.62. The molecule has 1 aliphatic rings. The lowest BCUT2D eigenvalue weighted by Crippen LogP contribution is -2.58. The third-order valence-electron chi connectivity index (χ3n) is 4.60. The van der Waals surface area contributed by atoms with Gasteiger partial charge in [0.2, 0.25) is 0 Å². The van der Waals surface area contributed by atoms with Crippen molar-refractivity contribution in [3.8, 4) is 0 Å². The number of aliphatic hydroxyl groups is 2. The van der Waals surface area contributed by atoms with Crippen LogP contribution < -0.4 is 0 Å². The van der Waals surface area contributed by atoms with Crippen molar-refractivity contribution >= 4 is 0 Å². The molecular formula is C21H26O5. The number of aliphatic hydroxyl groups excluding tert-OH is 2. The van der Waals surface area contributed by atoms with Gasteiger partial charge in [0, 0.05) is 0 Å². The van der Waals surface area contributed by atoms with E-state index in [1.165, 1.54) is 0 Å². The van der Waals surface area contributed by atoms with Gasteiger partial charge in [-0.05, 0) is 18.1 Å². The summed E-state index contributed by atoms with van der Waals surface area (Å²) in [5, 5.41) is 20.8. The average molecular weight is 358 g/mol. The molecule has 1 heterocycles. The Labute approximate surface area is 154 Å². The first kappa shape index (κ1) is 19.0. The van der Waals surface area contributed by atoms with Gasteiger partial charge in [0.05, 0.1) is 25.9 Å². The number of rotatable bonds is 7. The van der Waals surface area contributed by atoms with Crippen LogP contribution >= 0.6 is 0 Å². The van der Waals surface area contributed by atoms with Gasteiger partial charge in [-0.3, -0.25) is 0 Å². The van der Waals surface area contributed by atoms with E-state index in [2.05, 4.69) is 0 Å². The Morgan fingerprint density at radius 2 is 1.42 bits per heavy atom. The molecule has 1 saturated heterocycles. The van der Waals surface area contributed by atoms with Crippen LogP contribution in [-0.4, -0.2) is 47.3 Å². The van der Waals surface area contributed by atoms with E-state index in [1.807, 2.05) is 67.6 Å². The molecule has 2 aromatic rings. The quantitative estimate of drug-likeness (QED) is 0.795. The Morgan fingerprint density at radius 3 is 2.04 bits per heavy atom. The van der Waals surface area contributed by atoms with Crippen LogP contribution in [0.15, 0.2) is 60.7 Å². The summed E-state index contributed by atoms with van der Waals surface area (Å²) < 4.78 is 17.3. The van der Waals surface area contributed by atoms with Gasteiger partial charge >= 0.3 is 0 Å². The van der Waals surface area contributed by atoms with Gasteiger partial charge < -0.3 is 24.4 Å². The van der Waals surface area contributed by atoms with E-state index in [0.717, 1.165) is 11.1 Å². The molecular weight excluding hydrogens is 332 g/mol. The smallest absolute Gasteiger partial charge is 0.112 e. The molecule has 1 aliphatic heterocycles. The second kappa shape index (κ2) is 9.26. The zero-order chi connectivity index (χ0) is 18.4. The third-order valence-corrected chi connectivity index (χ3v) is 4.60. The second-order valence-corrected chi connectivity index (χ2v) is 6.62. The standard InChI is InChI=1S/C21H26O5/c1-15-21(25-13-17-10-6-3-7-11-17)20(23)19(22)18(26-15)14-24-12-16-8-4-2-5-9-16/h2-11,15,18-23H,12-14H2,1H3/t15-,18?,19-,20-,21?/m0/s1. The Bertz CT molecular complexity index is 646. The summed E-state index contributed by atoms with van der Waals surface area (Å²) in [4.78, 5) is 0. The van der Waals surface area contributed by atoms with Crippen molar-refractivity contribution in [3.05, 3.63) is 71.8 Å². The van der Waals surface area contributed by atoms with Gasteiger partial charge in [-0.15, -0.1) is 0 Å². The number of hydrogen-bond donors (Lipinski definition) is 2. The summed E-state index contributed by atoms with van der Waals surface area (Å²) in [6.07, 6.45) is -3.59. The first-order valence-corrected chi connectivity index (χ1v) is 8.94. The number of hydrogen-bond acceptors (Lipinski definition) is 5. The van der Waals surface area contributed by atoms with Gasteiger partial charge in [0.1, 0.15) is 24.4 Å². The fourth-order valence-corrected chi connectivity index (χ4v) is 3.13. The average Bonchev–Trinajstić information content (AvgIpc) is 2.67. The van der Waals surface area contributed by atoms with E-state index in [-0.39, 0.29) is 12.7 Å². The minimum Gasteiger partial charge on any atom is -0.388 e. The fourth-order valence-electron chi connectivity index (χ4n) is 3.13. The van der Waals surface area contributed by atoms with Crippen LogP contribution in [0.1, 0.15) is 18.1 Å². The summed E-state index contributed by atoms with van der Waals surface area (Å²) in [7, 11) is 0. The molecule has 0 saturated carbocycles.